The van der Waals surface area contributed by atoms with Crippen molar-refractivity contribution in [3.8, 4) is 5.75 Å². The molecule has 1 saturated heterocycles. The van der Waals surface area contributed by atoms with Gasteiger partial charge in [0.2, 0.25) is 5.91 Å². The molecule has 0 radical (unpaired) electrons. The average molecular weight is 276 g/mol. The number of nitrogens with one attached hydrogen (secondary N) is 1. The van der Waals surface area contributed by atoms with Crippen LogP contribution in [0.4, 0.5) is 0 Å². The van der Waals surface area contributed by atoms with E-state index in [9.17, 15) is 9.59 Å². The molecule has 0 unspecified atom stereocenters. The molecular formula is C15H20N2O3. The number of ether oxygens (including phenoxy) is 1. The molecule has 1 atom stereocenters. The van der Waals surface area contributed by atoms with Gasteiger partial charge in [-0.05, 0) is 30.2 Å². The number of amides is 2. The highest BCUT2D eigenvalue weighted by molar-refractivity contribution is 5.95. The highest BCUT2D eigenvalue weighted by atomic mass is 16.5. The maximum absolute atomic E-state index is 12.2. The molecule has 2 amide bonds. The van der Waals surface area contributed by atoms with Crippen LogP contribution in [-0.4, -0.2) is 36.5 Å². The fourth-order valence-electron chi connectivity index (χ4n) is 2.19. The van der Waals surface area contributed by atoms with Crippen LogP contribution in [0.2, 0.25) is 0 Å². The van der Waals surface area contributed by atoms with Gasteiger partial charge in [0.05, 0.1) is 7.11 Å². The first kappa shape index (κ1) is 14.4. The topological polar surface area (TPSA) is 58.6 Å². The van der Waals surface area contributed by atoms with Crippen LogP contribution in [0.25, 0.3) is 0 Å². The Kier molecular flexibility index (Phi) is 4.27. The van der Waals surface area contributed by atoms with Crippen LogP contribution in [0.15, 0.2) is 24.3 Å². The second-order valence-corrected chi connectivity index (χ2v) is 5.23. The molecule has 0 aliphatic carbocycles. The normalized spacial score (nSPS) is 15.8. The van der Waals surface area contributed by atoms with Gasteiger partial charge in [-0.2, -0.15) is 0 Å². The summed E-state index contributed by atoms with van der Waals surface area (Å²) in [5.41, 5.74) is 0.560. The average Bonchev–Trinajstić information content (AvgIpc) is 2.44. The Morgan fingerprint density at radius 2 is 1.95 bits per heavy atom. The summed E-state index contributed by atoms with van der Waals surface area (Å²) in [6.45, 7) is 4.69. The zero-order valence-corrected chi connectivity index (χ0v) is 12.1. The Balaban J connectivity index is 2.05. The molecule has 108 valence electrons. The number of hydrogen-bond acceptors (Lipinski definition) is 3. The van der Waals surface area contributed by atoms with E-state index in [1.807, 2.05) is 13.8 Å². The lowest BCUT2D eigenvalue weighted by atomic mass is 10.0. The summed E-state index contributed by atoms with van der Waals surface area (Å²) in [5, 5.41) is 2.93. The molecule has 0 aromatic heterocycles. The Morgan fingerprint density at radius 1 is 1.30 bits per heavy atom. The molecule has 1 aromatic carbocycles. The zero-order valence-electron chi connectivity index (χ0n) is 12.1. The minimum absolute atomic E-state index is 0.0960. The third kappa shape index (κ3) is 2.92. The van der Waals surface area contributed by atoms with Crippen molar-refractivity contribution in [1.29, 1.82) is 0 Å². The molecule has 20 heavy (non-hydrogen) atoms. The largest absolute Gasteiger partial charge is 0.497 e. The second kappa shape index (κ2) is 5.94. The molecule has 1 fully saturated rings. The Bertz CT molecular complexity index is 496. The number of rotatable bonds is 5. The molecule has 1 aliphatic heterocycles. The summed E-state index contributed by atoms with van der Waals surface area (Å²) in [5.74, 6) is 0.797. The molecule has 5 nitrogen and oxygen atoms in total. The minimum Gasteiger partial charge on any atom is -0.497 e. The fourth-order valence-corrected chi connectivity index (χ4v) is 2.19. The van der Waals surface area contributed by atoms with Crippen molar-refractivity contribution in [3.63, 3.8) is 0 Å². The van der Waals surface area contributed by atoms with Gasteiger partial charge in [-0.15, -0.1) is 0 Å². The van der Waals surface area contributed by atoms with E-state index in [2.05, 4.69) is 5.32 Å². The van der Waals surface area contributed by atoms with Gasteiger partial charge in [0.1, 0.15) is 11.9 Å². The van der Waals surface area contributed by atoms with E-state index in [0.717, 1.165) is 0 Å². The van der Waals surface area contributed by atoms with Gasteiger partial charge in [-0.25, -0.2) is 0 Å². The maximum atomic E-state index is 12.2. The number of likely N-dealkylation sites (tertiary alicyclic amines) is 1. The van der Waals surface area contributed by atoms with E-state index in [-0.39, 0.29) is 23.9 Å². The van der Waals surface area contributed by atoms with Crippen molar-refractivity contribution in [1.82, 2.24) is 10.2 Å². The molecule has 5 heteroatoms. The smallest absolute Gasteiger partial charge is 0.252 e. The van der Waals surface area contributed by atoms with Gasteiger partial charge >= 0.3 is 0 Å². The number of carbonyl (C=O) groups excluding carboxylic acids is 2. The lowest BCUT2D eigenvalue weighted by Gasteiger charge is -2.40. The van der Waals surface area contributed by atoms with Crippen molar-refractivity contribution < 1.29 is 14.3 Å². The van der Waals surface area contributed by atoms with Gasteiger partial charge in [-0.3, -0.25) is 9.59 Å². The first-order valence-electron chi connectivity index (χ1n) is 6.77. The minimum atomic E-state index is -0.245. The van der Waals surface area contributed by atoms with E-state index >= 15 is 0 Å². The van der Waals surface area contributed by atoms with Crippen LogP contribution < -0.4 is 10.1 Å². The molecule has 1 N–H and O–H groups in total. The van der Waals surface area contributed by atoms with Gasteiger partial charge in [-0.1, -0.05) is 13.8 Å². The Hall–Kier alpha value is -2.04. The second-order valence-electron chi connectivity index (χ2n) is 5.23. The van der Waals surface area contributed by atoms with Gasteiger partial charge in [0, 0.05) is 18.5 Å². The third-order valence-corrected chi connectivity index (χ3v) is 3.49. The Morgan fingerprint density at radius 3 is 2.35 bits per heavy atom. The number of nitrogens with zero attached hydrogens (tertiary/aromatic N) is 1. The number of carbonyl (C=O) groups is 2. The van der Waals surface area contributed by atoms with Gasteiger partial charge in [0.15, 0.2) is 0 Å². The molecule has 0 spiro atoms. The monoisotopic (exact) mass is 276 g/mol. The van der Waals surface area contributed by atoms with E-state index < -0.39 is 0 Å². The number of β-lactam (4-membered cyclic amide) rings is 1. The van der Waals surface area contributed by atoms with Gasteiger partial charge in [0.25, 0.3) is 5.91 Å². The van der Waals surface area contributed by atoms with Crippen LogP contribution in [0.1, 0.15) is 30.6 Å². The lowest BCUT2D eigenvalue weighted by molar-refractivity contribution is -0.144. The summed E-state index contributed by atoms with van der Waals surface area (Å²) in [4.78, 5) is 25.5. The fraction of sp³-hybridized carbons (Fsp3) is 0.467. The number of hydrogen-bond donors (Lipinski definition) is 1. The summed E-state index contributed by atoms with van der Waals surface area (Å²) < 4.78 is 5.06. The lowest BCUT2D eigenvalue weighted by Crippen LogP contribution is -2.59. The standard InChI is InChI=1S/C15H20N2O3/c1-10(2)14(17-9-8-13(17)18)16-15(19)11-4-6-12(20-3)7-5-11/h4-7,10,14H,8-9H2,1-3H3,(H,16,19)/t14-/m0/s1. The summed E-state index contributed by atoms with van der Waals surface area (Å²) in [6.07, 6.45) is 0.326. The van der Waals surface area contributed by atoms with Crippen LogP contribution in [0.5, 0.6) is 5.75 Å². The van der Waals surface area contributed by atoms with E-state index in [0.29, 0.717) is 24.3 Å². The molecule has 1 aliphatic rings. The van der Waals surface area contributed by atoms with Crippen molar-refractivity contribution >= 4 is 11.8 Å². The van der Waals surface area contributed by atoms with E-state index in [1.165, 1.54) is 0 Å². The molecule has 0 bridgehead atoms. The quantitative estimate of drug-likeness (QED) is 0.832. The summed E-state index contributed by atoms with van der Waals surface area (Å²) in [6, 6.07) is 6.91. The van der Waals surface area contributed by atoms with E-state index in [1.54, 1.807) is 36.3 Å². The number of benzene rings is 1. The molecule has 1 heterocycles. The third-order valence-electron chi connectivity index (χ3n) is 3.49. The van der Waals surface area contributed by atoms with E-state index in [4.69, 9.17) is 4.74 Å². The summed E-state index contributed by atoms with van der Waals surface area (Å²) in [7, 11) is 1.58. The van der Waals surface area contributed by atoms with Crippen molar-refractivity contribution in [3.05, 3.63) is 29.8 Å². The van der Waals surface area contributed by atoms with Crippen LogP contribution in [0, 0.1) is 5.92 Å². The van der Waals surface area contributed by atoms with Crippen molar-refractivity contribution in [2.75, 3.05) is 13.7 Å². The Labute approximate surface area is 118 Å². The van der Waals surface area contributed by atoms with Crippen molar-refractivity contribution in [2.24, 2.45) is 5.92 Å². The molecule has 1 aromatic rings. The van der Waals surface area contributed by atoms with Gasteiger partial charge < -0.3 is 15.0 Å². The van der Waals surface area contributed by atoms with Crippen LogP contribution in [0.3, 0.4) is 0 Å². The predicted molar refractivity (Wildman–Crippen MR) is 75.4 cm³/mol. The molecule has 0 saturated carbocycles. The zero-order chi connectivity index (χ0) is 14.7. The predicted octanol–water partition coefficient (Wildman–Crippen LogP) is 1.64. The summed E-state index contributed by atoms with van der Waals surface area (Å²) >= 11 is 0. The first-order valence-corrected chi connectivity index (χ1v) is 6.77. The molecule has 2 rings (SSSR count). The molecular weight excluding hydrogens is 256 g/mol. The SMILES string of the molecule is COc1ccc(C(=O)N[C@H](C(C)C)N2CCC2=O)cc1. The highest BCUT2D eigenvalue weighted by Gasteiger charge is 2.33. The first-order chi connectivity index (χ1) is 9.52. The van der Waals surface area contributed by atoms with Crippen LogP contribution >= 0.6 is 0 Å². The maximum Gasteiger partial charge on any atom is 0.252 e. The number of methoxy groups -OCH3 is 1. The van der Waals surface area contributed by atoms with Crippen LogP contribution in [-0.2, 0) is 4.79 Å². The highest BCUT2D eigenvalue weighted by Crippen LogP contribution is 2.18. The van der Waals surface area contributed by atoms with Crippen molar-refractivity contribution in [2.45, 2.75) is 26.4 Å².